The summed E-state index contributed by atoms with van der Waals surface area (Å²) in [5.41, 5.74) is 6.70. The average molecular weight is 275 g/mol. The highest BCUT2D eigenvalue weighted by molar-refractivity contribution is 7.99. The number of thioether (sulfide) groups is 1. The number of hydrogen-bond donors (Lipinski definition) is 1. The maximum atomic E-state index is 13.3. The van der Waals surface area contributed by atoms with Crippen LogP contribution in [0.3, 0.4) is 0 Å². The van der Waals surface area contributed by atoms with Gasteiger partial charge in [-0.2, -0.15) is 11.8 Å². The molecule has 0 bridgehead atoms. The van der Waals surface area contributed by atoms with Gasteiger partial charge in [-0.05, 0) is 23.8 Å². The topological polar surface area (TPSA) is 29.3 Å². The second kappa shape index (κ2) is 6.05. The third kappa shape index (κ3) is 3.35. The van der Waals surface area contributed by atoms with Crippen molar-refractivity contribution >= 4 is 23.4 Å². The van der Waals surface area contributed by atoms with Crippen LogP contribution in [0.1, 0.15) is 11.6 Å². The van der Waals surface area contributed by atoms with E-state index >= 15 is 0 Å². The number of nitrogens with two attached hydrogens (primary N) is 1. The van der Waals surface area contributed by atoms with Gasteiger partial charge in [0.25, 0.3) is 0 Å². The fraction of sp³-hybridized carbons (Fsp3) is 0.500. The van der Waals surface area contributed by atoms with Crippen LogP contribution in [0.5, 0.6) is 0 Å². The molecule has 17 heavy (non-hydrogen) atoms. The zero-order valence-corrected chi connectivity index (χ0v) is 11.1. The van der Waals surface area contributed by atoms with Crippen LogP contribution in [0, 0.1) is 5.82 Å². The van der Waals surface area contributed by atoms with Crippen LogP contribution in [-0.2, 0) is 0 Å². The van der Waals surface area contributed by atoms with Crippen LogP contribution < -0.4 is 5.73 Å². The smallest absolute Gasteiger partial charge is 0.125 e. The molecule has 1 unspecified atom stereocenters. The van der Waals surface area contributed by atoms with Gasteiger partial charge in [-0.1, -0.05) is 11.6 Å². The van der Waals surface area contributed by atoms with E-state index in [0.717, 1.165) is 30.2 Å². The minimum atomic E-state index is -0.294. The molecule has 1 aliphatic rings. The zero-order chi connectivity index (χ0) is 12.3. The first kappa shape index (κ1) is 13.1. The fourth-order valence-corrected chi connectivity index (χ4v) is 3.31. The molecular weight excluding hydrogens is 259 g/mol. The van der Waals surface area contributed by atoms with Crippen LogP contribution in [0.25, 0.3) is 0 Å². The summed E-state index contributed by atoms with van der Waals surface area (Å²) in [6, 6.07) is 4.74. The van der Waals surface area contributed by atoms with Crippen LogP contribution >= 0.6 is 23.4 Å². The minimum absolute atomic E-state index is 0.0732. The van der Waals surface area contributed by atoms with Crippen molar-refractivity contribution in [2.24, 2.45) is 5.73 Å². The Bertz CT molecular complexity index is 363. The number of rotatable bonds is 3. The van der Waals surface area contributed by atoms with E-state index in [1.165, 1.54) is 12.1 Å². The fourth-order valence-electron chi connectivity index (χ4n) is 2.15. The molecule has 0 spiro atoms. The molecule has 94 valence electrons. The van der Waals surface area contributed by atoms with Gasteiger partial charge in [0.1, 0.15) is 5.82 Å². The Hall–Kier alpha value is -0.290. The summed E-state index contributed by atoms with van der Waals surface area (Å²) in [5.74, 6) is 1.93. The molecule has 0 radical (unpaired) electrons. The Kier molecular flexibility index (Phi) is 4.68. The molecule has 1 fully saturated rings. The lowest BCUT2D eigenvalue weighted by molar-refractivity contribution is 0.223. The molecule has 1 heterocycles. The molecule has 5 heteroatoms. The highest BCUT2D eigenvalue weighted by Crippen LogP contribution is 2.26. The van der Waals surface area contributed by atoms with Crippen LogP contribution in [0.15, 0.2) is 18.2 Å². The Morgan fingerprint density at radius 1 is 1.35 bits per heavy atom. The van der Waals surface area contributed by atoms with Crippen molar-refractivity contribution in [3.63, 3.8) is 0 Å². The molecule has 0 saturated carbocycles. The van der Waals surface area contributed by atoms with Crippen LogP contribution in [0.2, 0.25) is 5.02 Å². The molecule has 1 aromatic rings. The Morgan fingerprint density at radius 3 is 2.65 bits per heavy atom. The third-order valence-corrected chi connectivity index (χ3v) is 4.14. The van der Waals surface area contributed by atoms with E-state index in [2.05, 4.69) is 4.90 Å². The molecule has 1 saturated heterocycles. The van der Waals surface area contributed by atoms with Crippen molar-refractivity contribution < 1.29 is 4.39 Å². The number of nitrogens with zero attached hydrogens (tertiary/aromatic N) is 1. The number of benzene rings is 1. The van der Waals surface area contributed by atoms with Gasteiger partial charge in [0, 0.05) is 42.2 Å². The largest absolute Gasteiger partial charge is 0.329 e. The standard InChI is InChI=1S/C12H16ClFN2S/c13-10-5-9(6-11(14)7-10)12(8-15)16-1-3-17-4-2-16/h5-7,12H,1-4,8,15H2. The molecule has 2 nitrogen and oxygen atoms in total. The van der Waals surface area contributed by atoms with Gasteiger partial charge >= 0.3 is 0 Å². The van der Waals surface area contributed by atoms with E-state index in [1.54, 1.807) is 0 Å². The highest BCUT2D eigenvalue weighted by atomic mass is 35.5. The monoisotopic (exact) mass is 274 g/mol. The highest BCUT2D eigenvalue weighted by Gasteiger charge is 2.21. The van der Waals surface area contributed by atoms with E-state index in [-0.39, 0.29) is 11.9 Å². The molecule has 0 aliphatic carbocycles. The Morgan fingerprint density at radius 2 is 2.06 bits per heavy atom. The normalized spacial score (nSPS) is 19.2. The quantitative estimate of drug-likeness (QED) is 0.918. The summed E-state index contributed by atoms with van der Waals surface area (Å²) in [5, 5.41) is 0.435. The number of hydrogen-bond acceptors (Lipinski definition) is 3. The molecule has 1 aliphatic heterocycles. The molecule has 2 N–H and O–H groups in total. The summed E-state index contributed by atoms with van der Waals surface area (Å²) >= 11 is 7.83. The summed E-state index contributed by atoms with van der Waals surface area (Å²) in [6.45, 7) is 2.49. The van der Waals surface area contributed by atoms with E-state index < -0.39 is 0 Å². The molecule has 2 rings (SSSR count). The lowest BCUT2D eigenvalue weighted by Gasteiger charge is -2.34. The summed E-state index contributed by atoms with van der Waals surface area (Å²) in [6.07, 6.45) is 0. The SMILES string of the molecule is NCC(c1cc(F)cc(Cl)c1)N1CCSCC1. The van der Waals surface area contributed by atoms with Crippen molar-refractivity contribution in [1.29, 1.82) is 0 Å². The van der Waals surface area contributed by atoms with Crippen molar-refractivity contribution in [1.82, 2.24) is 4.90 Å². The summed E-state index contributed by atoms with van der Waals surface area (Å²) in [4.78, 5) is 2.31. The maximum Gasteiger partial charge on any atom is 0.125 e. The van der Waals surface area contributed by atoms with Crippen molar-refractivity contribution in [2.45, 2.75) is 6.04 Å². The van der Waals surface area contributed by atoms with Gasteiger partial charge in [-0.15, -0.1) is 0 Å². The van der Waals surface area contributed by atoms with Crippen LogP contribution in [-0.4, -0.2) is 36.0 Å². The minimum Gasteiger partial charge on any atom is -0.329 e. The van der Waals surface area contributed by atoms with Gasteiger partial charge in [0.15, 0.2) is 0 Å². The Balaban J connectivity index is 2.21. The first-order valence-electron chi connectivity index (χ1n) is 5.68. The van der Waals surface area contributed by atoms with Gasteiger partial charge in [-0.25, -0.2) is 4.39 Å². The zero-order valence-electron chi connectivity index (χ0n) is 9.53. The second-order valence-electron chi connectivity index (χ2n) is 4.10. The first-order valence-corrected chi connectivity index (χ1v) is 7.22. The van der Waals surface area contributed by atoms with Gasteiger partial charge < -0.3 is 5.73 Å². The predicted molar refractivity (Wildman–Crippen MR) is 72.1 cm³/mol. The van der Waals surface area contributed by atoms with Crippen LogP contribution in [0.4, 0.5) is 4.39 Å². The molecule has 0 aromatic heterocycles. The second-order valence-corrected chi connectivity index (χ2v) is 5.76. The average Bonchev–Trinajstić information content (AvgIpc) is 2.30. The molecular formula is C12H16ClFN2S. The predicted octanol–water partition coefficient (Wildman–Crippen LogP) is 2.53. The molecule has 0 amide bonds. The summed E-state index contributed by atoms with van der Waals surface area (Å²) < 4.78 is 13.3. The van der Waals surface area contributed by atoms with Crippen molar-refractivity contribution in [3.05, 3.63) is 34.6 Å². The lowest BCUT2D eigenvalue weighted by atomic mass is 10.1. The third-order valence-electron chi connectivity index (χ3n) is 2.98. The van der Waals surface area contributed by atoms with Crippen molar-refractivity contribution in [3.8, 4) is 0 Å². The van der Waals surface area contributed by atoms with E-state index in [4.69, 9.17) is 17.3 Å². The van der Waals surface area contributed by atoms with Gasteiger partial charge in [-0.3, -0.25) is 4.90 Å². The van der Waals surface area contributed by atoms with E-state index in [1.807, 2.05) is 17.8 Å². The maximum absolute atomic E-state index is 13.3. The van der Waals surface area contributed by atoms with Gasteiger partial charge in [0.05, 0.1) is 0 Å². The van der Waals surface area contributed by atoms with Gasteiger partial charge in [0.2, 0.25) is 0 Å². The van der Waals surface area contributed by atoms with Crippen molar-refractivity contribution in [2.75, 3.05) is 31.1 Å². The molecule has 1 aromatic carbocycles. The molecule has 1 atom stereocenters. The lowest BCUT2D eigenvalue weighted by Crippen LogP contribution is -2.39. The Labute approximate surface area is 110 Å². The van der Waals surface area contributed by atoms with E-state index in [9.17, 15) is 4.39 Å². The van der Waals surface area contributed by atoms with E-state index in [0.29, 0.717) is 11.6 Å². The first-order chi connectivity index (χ1) is 8.20. The summed E-state index contributed by atoms with van der Waals surface area (Å²) in [7, 11) is 0. The number of halogens is 2.